The van der Waals surface area contributed by atoms with E-state index in [9.17, 15) is 4.79 Å². The Morgan fingerprint density at radius 3 is 1.53 bits per heavy atom. The summed E-state index contributed by atoms with van der Waals surface area (Å²) in [5.74, 6) is 2.05. The lowest BCUT2D eigenvalue weighted by Gasteiger charge is -2.18. The van der Waals surface area contributed by atoms with Crippen molar-refractivity contribution in [3.8, 4) is 0 Å². The first-order chi connectivity index (χ1) is 8.82. The average molecular weight is 270 g/mol. The van der Waals surface area contributed by atoms with E-state index in [-0.39, 0.29) is 11.9 Å². The second-order valence-corrected chi connectivity index (χ2v) is 6.99. The molecule has 0 unspecified atom stereocenters. The molecule has 2 heteroatoms. The number of hydrogen-bond acceptors (Lipinski definition) is 2. The van der Waals surface area contributed by atoms with Gasteiger partial charge in [-0.2, -0.15) is 0 Å². The Morgan fingerprint density at radius 2 is 1.16 bits per heavy atom. The highest BCUT2D eigenvalue weighted by Crippen LogP contribution is 2.21. The van der Waals surface area contributed by atoms with E-state index in [2.05, 4.69) is 41.5 Å². The summed E-state index contributed by atoms with van der Waals surface area (Å²) >= 11 is 0. The van der Waals surface area contributed by atoms with Crippen LogP contribution in [0.25, 0.3) is 0 Å². The zero-order valence-electron chi connectivity index (χ0n) is 13.9. The Hall–Kier alpha value is -0.530. The first-order valence-electron chi connectivity index (χ1n) is 7.99. The highest BCUT2D eigenvalue weighted by Gasteiger charge is 2.20. The van der Waals surface area contributed by atoms with Crippen molar-refractivity contribution >= 4 is 5.97 Å². The summed E-state index contributed by atoms with van der Waals surface area (Å²) in [6.07, 6.45) is 5.15. The molecule has 114 valence electrons. The summed E-state index contributed by atoms with van der Waals surface area (Å²) in [5, 5.41) is 0. The first-order valence-corrected chi connectivity index (χ1v) is 7.99. The van der Waals surface area contributed by atoms with Crippen molar-refractivity contribution in [2.45, 2.75) is 73.6 Å². The fraction of sp³-hybridized carbons (Fsp3) is 0.941. The molecular formula is C17H34O2. The maximum atomic E-state index is 12.1. The number of ether oxygens (including phenoxy) is 1. The lowest BCUT2D eigenvalue weighted by Crippen LogP contribution is -2.20. The van der Waals surface area contributed by atoms with E-state index in [0.717, 1.165) is 32.1 Å². The zero-order chi connectivity index (χ0) is 14.8. The quantitative estimate of drug-likeness (QED) is 0.518. The standard InChI is InChI=1S/C17H34O2/c1-13(2)7-9-16(10-8-14(3)4)17(18)19-12-11-15(5)6/h13-16H,7-12H2,1-6H3. The van der Waals surface area contributed by atoms with Crippen LogP contribution in [0.2, 0.25) is 0 Å². The zero-order valence-corrected chi connectivity index (χ0v) is 13.9. The van der Waals surface area contributed by atoms with Gasteiger partial charge >= 0.3 is 5.97 Å². The molecule has 0 bridgehead atoms. The van der Waals surface area contributed by atoms with Crippen molar-refractivity contribution in [1.82, 2.24) is 0 Å². The van der Waals surface area contributed by atoms with E-state index in [1.54, 1.807) is 0 Å². The van der Waals surface area contributed by atoms with Crippen molar-refractivity contribution in [1.29, 1.82) is 0 Å². The smallest absolute Gasteiger partial charge is 0.308 e. The van der Waals surface area contributed by atoms with Crippen LogP contribution in [0.5, 0.6) is 0 Å². The SMILES string of the molecule is CC(C)CCOC(=O)C(CCC(C)C)CCC(C)C. The predicted molar refractivity (Wildman–Crippen MR) is 82.0 cm³/mol. The minimum atomic E-state index is 0.0296. The van der Waals surface area contributed by atoms with E-state index < -0.39 is 0 Å². The Balaban J connectivity index is 4.16. The maximum absolute atomic E-state index is 12.1. The van der Waals surface area contributed by atoms with Gasteiger partial charge in [-0.25, -0.2) is 0 Å². The van der Waals surface area contributed by atoms with Gasteiger partial charge in [0.25, 0.3) is 0 Å². The van der Waals surface area contributed by atoms with Crippen molar-refractivity contribution in [3.63, 3.8) is 0 Å². The van der Waals surface area contributed by atoms with Gasteiger partial charge in [-0.05, 0) is 37.0 Å². The summed E-state index contributed by atoms with van der Waals surface area (Å²) in [7, 11) is 0. The molecule has 0 aliphatic carbocycles. The summed E-state index contributed by atoms with van der Waals surface area (Å²) in [5.41, 5.74) is 0. The van der Waals surface area contributed by atoms with E-state index >= 15 is 0 Å². The molecule has 19 heavy (non-hydrogen) atoms. The van der Waals surface area contributed by atoms with Crippen LogP contribution in [-0.4, -0.2) is 12.6 Å². The molecule has 0 rings (SSSR count). The van der Waals surface area contributed by atoms with Gasteiger partial charge in [0.05, 0.1) is 12.5 Å². The molecule has 0 saturated heterocycles. The molecule has 0 amide bonds. The van der Waals surface area contributed by atoms with E-state index in [4.69, 9.17) is 4.74 Å². The van der Waals surface area contributed by atoms with Crippen molar-refractivity contribution in [2.75, 3.05) is 6.61 Å². The van der Waals surface area contributed by atoms with Gasteiger partial charge in [0.2, 0.25) is 0 Å². The Bertz CT molecular complexity index is 219. The Labute approximate surface area is 120 Å². The van der Waals surface area contributed by atoms with Gasteiger partial charge in [0, 0.05) is 0 Å². The van der Waals surface area contributed by atoms with Crippen LogP contribution in [0.4, 0.5) is 0 Å². The van der Waals surface area contributed by atoms with Crippen LogP contribution >= 0.6 is 0 Å². The van der Waals surface area contributed by atoms with Gasteiger partial charge in [-0.15, -0.1) is 0 Å². The van der Waals surface area contributed by atoms with Gasteiger partial charge in [0.15, 0.2) is 0 Å². The highest BCUT2D eigenvalue weighted by molar-refractivity contribution is 5.72. The third-order valence-electron chi connectivity index (χ3n) is 3.46. The maximum Gasteiger partial charge on any atom is 0.308 e. The minimum absolute atomic E-state index is 0.0296. The van der Waals surface area contributed by atoms with Crippen molar-refractivity contribution < 1.29 is 9.53 Å². The molecule has 0 aromatic rings. The normalized spacial score (nSPS) is 11.9. The largest absolute Gasteiger partial charge is 0.465 e. The molecule has 0 N–H and O–H groups in total. The third kappa shape index (κ3) is 11.0. The lowest BCUT2D eigenvalue weighted by atomic mass is 9.91. The molecule has 0 atom stereocenters. The van der Waals surface area contributed by atoms with Crippen molar-refractivity contribution in [2.24, 2.45) is 23.7 Å². The van der Waals surface area contributed by atoms with Crippen LogP contribution in [0, 0.1) is 23.7 Å². The number of carbonyl (C=O) groups excluding carboxylic acids is 1. The second-order valence-electron chi connectivity index (χ2n) is 6.99. The second kappa shape index (κ2) is 10.3. The van der Waals surface area contributed by atoms with E-state index in [1.807, 2.05) is 0 Å². The lowest BCUT2D eigenvalue weighted by molar-refractivity contribution is -0.149. The average Bonchev–Trinajstić information content (AvgIpc) is 2.27. The highest BCUT2D eigenvalue weighted by atomic mass is 16.5. The molecule has 0 radical (unpaired) electrons. The van der Waals surface area contributed by atoms with E-state index in [1.165, 1.54) is 0 Å². The number of esters is 1. The van der Waals surface area contributed by atoms with Gasteiger partial charge in [0.1, 0.15) is 0 Å². The number of carbonyl (C=O) groups is 1. The summed E-state index contributed by atoms with van der Waals surface area (Å²) in [6.45, 7) is 13.7. The minimum Gasteiger partial charge on any atom is -0.465 e. The van der Waals surface area contributed by atoms with Crippen LogP contribution in [0.1, 0.15) is 73.6 Å². The molecule has 0 spiro atoms. The number of rotatable bonds is 10. The first kappa shape index (κ1) is 18.5. The molecule has 0 aliphatic rings. The molecule has 0 aromatic heterocycles. The van der Waals surface area contributed by atoms with Crippen LogP contribution in [-0.2, 0) is 9.53 Å². The Kier molecular flexibility index (Phi) is 9.99. The van der Waals surface area contributed by atoms with E-state index in [0.29, 0.717) is 24.4 Å². The van der Waals surface area contributed by atoms with Crippen LogP contribution < -0.4 is 0 Å². The fourth-order valence-corrected chi connectivity index (χ4v) is 1.96. The van der Waals surface area contributed by atoms with Gasteiger partial charge < -0.3 is 4.74 Å². The third-order valence-corrected chi connectivity index (χ3v) is 3.46. The monoisotopic (exact) mass is 270 g/mol. The molecule has 0 saturated carbocycles. The topological polar surface area (TPSA) is 26.3 Å². The summed E-state index contributed by atoms with van der Waals surface area (Å²) in [6, 6.07) is 0. The Morgan fingerprint density at radius 1 is 0.737 bits per heavy atom. The predicted octanol–water partition coefficient (Wildman–Crippen LogP) is 5.06. The number of hydrogen-bond donors (Lipinski definition) is 0. The molecule has 0 aliphatic heterocycles. The summed E-state index contributed by atoms with van der Waals surface area (Å²) < 4.78 is 5.44. The molecule has 0 aromatic carbocycles. The molecule has 2 nitrogen and oxygen atoms in total. The fourth-order valence-electron chi connectivity index (χ4n) is 1.96. The van der Waals surface area contributed by atoms with Gasteiger partial charge in [-0.1, -0.05) is 54.4 Å². The molecular weight excluding hydrogens is 236 g/mol. The van der Waals surface area contributed by atoms with Gasteiger partial charge in [-0.3, -0.25) is 4.79 Å². The van der Waals surface area contributed by atoms with Crippen LogP contribution in [0.15, 0.2) is 0 Å². The summed E-state index contributed by atoms with van der Waals surface area (Å²) in [4.78, 5) is 12.1. The molecule has 0 fully saturated rings. The molecule has 0 heterocycles. The van der Waals surface area contributed by atoms with Crippen LogP contribution in [0.3, 0.4) is 0 Å². The van der Waals surface area contributed by atoms with Crippen molar-refractivity contribution in [3.05, 3.63) is 0 Å².